The number of halogens is 3. The Morgan fingerprint density at radius 2 is 1.89 bits per heavy atom. The van der Waals surface area contributed by atoms with Crippen LogP contribution in [-0.2, 0) is 17.2 Å². The van der Waals surface area contributed by atoms with Crippen LogP contribution < -0.4 is 4.72 Å². The molecule has 0 aliphatic rings. The predicted octanol–water partition coefficient (Wildman–Crippen LogP) is 3.21. The number of hydrogen-bond donors (Lipinski definition) is 1. The Balaban J connectivity index is 2.89. The van der Waals surface area contributed by atoms with Crippen molar-refractivity contribution in [3.05, 3.63) is 29.6 Å². The molecule has 0 spiro atoms. The van der Waals surface area contributed by atoms with E-state index in [0.717, 1.165) is 12.3 Å². The second kappa shape index (κ2) is 5.58. The molecule has 1 heterocycles. The molecular formula is C12H17F3N2OS. The quantitative estimate of drug-likeness (QED) is 0.930. The van der Waals surface area contributed by atoms with Gasteiger partial charge in [-0.25, -0.2) is 8.93 Å². The Bertz CT molecular complexity index is 469. The van der Waals surface area contributed by atoms with Crippen molar-refractivity contribution < 1.29 is 17.4 Å². The highest BCUT2D eigenvalue weighted by molar-refractivity contribution is 7.84. The maximum Gasteiger partial charge on any atom is 0.433 e. The molecule has 1 unspecified atom stereocenters. The molecular weight excluding hydrogens is 277 g/mol. The lowest BCUT2D eigenvalue weighted by Gasteiger charge is -2.22. The third-order valence-electron chi connectivity index (χ3n) is 2.41. The van der Waals surface area contributed by atoms with Crippen LogP contribution in [0, 0.1) is 0 Å². The second-order valence-electron chi connectivity index (χ2n) is 5.19. The number of nitrogens with zero attached hydrogens (tertiary/aromatic N) is 1. The van der Waals surface area contributed by atoms with Crippen molar-refractivity contribution >= 4 is 11.0 Å². The molecule has 0 fully saturated rings. The number of rotatable bonds is 3. The second-order valence-corrected chi connectivity index (χ2v) is 7.19. The Hall–Kier alpha value is -0.950. The highest BCUT2D eigenvalue weighted by atomic mass is 32.2. The predicted molar refractivity (Wildman–Crippen MR) is 68.7 cm³/mol. The molecule has 1 rings (SSSR count). The molecule has 7 heteroatoms. The summed E-state index contributed by atoms with van der Waals surface area (Å²) in [4.78, 5) is 3.29. The normalized spacial score (nSPS) is 16.2. The number of nitrogens with one attached hydrogen (secondary N) is 1. The van der Waals surface area contributed by atoms with E-state index >= 15 is 0 Å². The van der Waals surface area contributed by atoms with Crippen molar-refractivity contribution in [1.82, 2.24) is 9.71 Å². The van der Waals surface area contributed by atoms with Crippen molar-refractivity contribution in [2.45, 2.75) is 44.7 Å². The number of alkyl halides is 3. The van der Waals surface area contributed by atoms with Crippen LogP contribution in [0.5, 0.6) is 0 Å². The van der Waals surface area contributed by atoms with Gasteiger partial charge in [0.25, 0.3) is 0 Å². The van der Waals surface area contributed by atoms with Gasteiger partial charge in [-0.1, -0.05) is 0 Å². The summed E-state index contributed by atoms with van der Waals surface area (Å²) in [5.41, 5.74) is -0.542. The molecule has 0 aliphatic carbocycles. The molecule has 0 aliphatic heterocycles. The molecule has 1 aromatic rings. The van der Waals surface area contributed by atoms with Crippen molar-refractivity contribution in [3.8, 4) is 0 Å². The van der Waals surface area contributed by atoms with Gasteiger partial charge < -0.3 is 0 Å². The molecule has 1 N–H and O–H groups in total. The summed E-state index contributed by atoms with van der Waals surface area (Å²) in [6.45, 7) is 7.03. The Labute approximate surface area is 113 Å². The molecule has 0 radical (unpaired) electrons. The minimum absolute atomic E-state index is 0.403. The monoisotopic (exact) mass is 294 g/mol. The zero-order valence-electron chi connectivity index (χ0n) is 11.2. The molecule has 108 valence electrons. The molecule has 0 bridgehead atoms. The van der Waals surface area contributed by atoms with E-state index in [0.29, 0.717) is 5.56 Å². The van der Waals surface area contributed by atoms with Crippen LogP contribution in [0.25, 0.3) is 0 Å². The van der Waals surface area contributed by atoms with Gasteiger partial charge >= 0.3 is 6.18 Å². The molecule has 0 aromatic carbocycles. The molecule has 0 amide bonds. The van der Waals surface area contributed by atoms with Crippen LogP contribution in [0.15, 0.2) is 18.3 Å². The van der Waals surface area contributed by atoms with Crippen LogP contribution >= 0.6 is 0 Å². The molecule has 0 saturated heterocycles. The van der Waals surface area contributed by atoms with Crippen LogP contribution in [0.4, 0.5) is 13.2 Å². The van der Waals surface area contributed by atoms with E-state index in [1.165, 1.54) is 6.07 Å². The van der Waals surface area contributed by atoms with Crippen molar-refractivity contribution in [2.75, 3.05) is 0 Å². The van der Waals surface area contributed by atoms with E-state index in [-0.39, 0.29) is 0 Å². The van der Waals surface area contributed by atoms with Crippen molar-refractivity contribution in [2.24, 2.45) is 0 Å². The Morgan fingerprint density at radius 3 is 2.37 bits per heavy atom. The van der Waals surface area contributed by atoms with Crippen LogP contribution in [-0.4, -0.2) is 13.9 Å². The number of aromatic nitrogens is 1. The van der Waals surface area contributed by atoms with Gasteiger partial charge in [0.1, 0.15) is 5.69 Å². The van der Waals surface area contributed by atoms with Gasteiger partial charge in [0, 0.05) is 12.2 Å². The molecule has 19 heavy (non-hydrogen) atoms. The fraction of sp³-hybridized carbons (Fsp3) is 0.583. The first-order valence-corrected chi connectivity index (χ1v) is 6.88. The Morgan fingerprint density at radius 1 is 1.32 bits per heavy atom. The topological polar surface area (TPSA) is 42.0 Å². The van der Waals surface area contributed by atoms with Gasteiger partial charge in [-0.05, 0) is 45.4 Å². The SMILES string of the molecule is CC(N[S@@](=O)C(C)(C)C)c1ccnc(C(F)(F)F)c1. The summed E-state index contributed by atoms with van der Waals surface area (Å²) >= 11 is 0. The van der Waals surface area contributed by atoms with Crippen molar-refractivity contribution in [1.29, 1.82) is 0 Å². The molecule has 2 atom stereocenters. The van der Waals surface area contributed by atoms with Crippen molar-refractivity contribution in [3.63, 3.8) is 0 Å². The first-order chi connectivity index (χ1) is 8.51. The summed E-state index contributed by atoms with van der Waals surface area (Å²) < 4.78 is 51.8. The lowest BCUT2D eigenvalue weighted by molar-refractivity contribution is -0.141. The van der Waals surface area contributed by atoms with E-state index in [1.807, 2.05) is 0 Å². The van der Waals surface area contributed by atoms with E-state index in [2.05, 4.69) is 9.71 Å². The van der Waals surface area contributed by atoms with Crippen LogP contribution in [0.1, 0.15) is 45.0 Å². The van der Waals surface area contributed by atoms with Gasteiger partial charge in [0.05, 0.1) is 15.7 Å². The average Bonchev–Trinajstić information content (AvgIpc) is 2.26. The smallest absolute Gasteiger partial charge is 0.252 e. The van der Waals surface area contributed by atoms with E-state index in [9.17, 15) is 17.4 Å². The van der Waals surface area contributed by atoms with Gasteiger partial charge in [-0.3, -0.25) is 4.98 Å². The third-order valence-corrected chi connectivity index (χ3v) is 4.09. The average molecular weight is 294 g/mol. The van der Waals surface area contributed by atoms with E-state index in [1.54, 1.807) is 27.7 Å². The minimum Gasteiger partial charge on any atom is -0.252 e. The zero-order valence-corrected chi connectivity index (χ0v) is 12.0. The van der Waals surface area contributed by atoms with Gasteiger partial charge in [-0.15, -0.1) is 0 Å². The molecule has 0 saturated carbocycles. The lowest BCUT2D eigenvalue weighted by Crippen LogP contribution is -2.34. The fourth-order valence-electron chi connectivity index (χ4n) is 1.28. The largest absolute Gasteiger partial charge is 0.433 e. The summed E-state index contributed by atoms with van der Waals surface area (Å²) in [6, 6.07) is 1.99. The summed E-state index contributed by atoms with van der Waals surface area (Å²) in [5.74, 6) is 0. The van der Waals surface area contributed by atoms with E-state index in [4.69, 9.17) is 0 Å². The standard InChI is InChI=1S/C12H17F3N2OS/c1-8(17-19(18)11(2,3)4)9-5-6-16-10(7-9)12(13,14)15/h5-8,17H,1-4H3/t8?,19-/m0/s1. The summed E-state index contributed by atoms with van der Waals surface area (Å²) in [7, 11) is -1.35. The fourth-order valence-corrected chi connectivity index (χ4v) is 2.09. The van der Waals surface area contributed by atoms with Gasteiger partial charge in [-0.2, -0.15) is 13.2 Å². The van der Waals surface area contributed by atoms with Gasteiger partial charge in [0.2, 0.25) is 0 Å². The highest BCUT2D eigenvalue weighted by Crippen LogP contribution is 2.29. The number of hydrogen-bond acceptors (Lipinski definition) is 2. The first-order valence-electron chi connectivity index (χ1n) is 5.73. The molecule has 3 nitrogen and oxygen atoms in total. The van der Waals surface area contributed by atoms with Crippen LogP contribution in [0.3, 0.4) is 0 Å². The highest BCUT2D eigenvalue weighted by Gasteiger charge is 2.33. The van der Waals surface area contributed by atoms with E-state index < -0.39 is 33.6 Å². The number of pyridine rings is 1. The third kappa shape index (κ3) is 4.58. The maximum atomic E-state index is 12.5. The lowest BCUT2D eigenvalue weighted by atomic mass is 10.1. The summed E-state index contributed by atoms with van der Waals surface area (Å²) in [5, 5.41) is 0. The Kier molecular flexibility index (Phi) is 4.73. The maximum absolute atomic E-state index is 12.5. The first kappa shape index (κ1) is 16.1. The molecule has 1 aromatic heterocycles. The summed E-state index contributed by atoms with van der Waals surface area (Å²) in [6.07, 6.45) is -3.37. The zero-order chi connectivity index (χ0) is 14.8. The van der Waals surface area contributed by atoms with Crippen LogP contribution in [0.2, 0.25) is 0 Å². The van der Waals surface area contributed by atoms with Gasteiger partial charge in [0.15, 0.2) is 0 Å². The minimum atomic E-state index is -4.47.